The first-order valence-corrected chi connectivity index (χ1v) is 24.8. The molecular weight excluding hydrogens is 801 g/mol. The Kier molecular flexibility index (Phi) is 1.91. The van der Waals surface area contributed by atoms with Crippen LogP contribution < -0.4 is 0 Å². The van der Waals surface area contributed by atoms with Gasteiger partial charge in [-0.15, -0.1) is 0 Å². The smallest absolute Gasteiger partial charge is 0.162 e. The van der Waals surface area contributed by atoms with E-state index in [0.717, 1.165) is 0 Å². The van der Waals surface area contributed by atoms with Crippen molar-refractivity contribution in [2.75, 3.05) is 7.11 Å². The minimum Gasteiger partial charge on any atom is -0.356 e. The highest BCUT2D eigenvalue weighted by molar-refractivity contribution is 6.82. The van der Waals surface area contributed by atoms with Gasteiger partial charge >= 0.3 is 0 Å². The molecule has 0 radical (unpaired) electrons. The SMILES string of the molecule is CO[C@H]1OC23c4c5c6c7c8c9c(c%10c%11c2c2c4c4c%12c5c5c6c6c8c8c%13c9c9c%10c%10c%11c%11c2c2c4c4c%12c%12c5c5c6c8c6c8c%13c9c9c%10c%10c%11c2c2c4c4c%12c5c6c5c8c9c%10c2c45)C73[C@H]1C. The summed E-state index contributed by atoms with van der Waals surface area (Å²) in [5.41, 5.74) is 5.33. The molecule has 0 bridgehead atoms. The van der Waals surface area contributed by atoms with Crippen molar-refractivity contribution in [3.63, 3.8) is 0 Å². The van der Waals surface area contributed by atoms with Crippen molar-refractivity contribution >= 4 is 291 Å². The monoisotopic (exact) mass is 808 g/mol. The fourth-order valence-electron chi connectivity index (χ4n) is 25.0. The zero-order valence-electron chi connectivity index (χ0n) is 34.0. The summed E-state index contributed by atoms with van der Waals surface area (Å²) in [6.07, 6.45) is -0.329. The van der Waals surface area contributed by atoms with Gasteiger partial charge in [0.05, 0.1) is 5.41 Å². The molecule has 0 saturated carbocycles. The van der Waals surface area contributed by atoms with E-state index in [0.29, 0.717) is 0 Å². The lowest BCUT2D eigenvalue weighted by Crippen LogP contribution is -2.51. The highest BCUT2D eigenvalue weighted by Gasteiger charge is 2.77. The van der Waals surface area contributed by atoms with Gasteiger partial charge in [0.2, 0.25) is 0 Å². The Morgan fingerprint density at radius 1 is 0.242 bits per heavy atom. The molecule has 1 heterocycles. The number of benzene rings is 18. The van der Waals surface area contributed by atoms with Crippen molar-refractivity contribution in [1.82, 2.24) is 0 Å². The molecule has 1 aliphatic heterocycles. The number of ether oxygens (including phenoxy) is 2. The van der Waals surface area contributed by atoms with E-state index in [1.165, 1.54) is 0 Å². The van der Waals surface area contributed by atoms with Crippen LogP contribution in [-0.4, -0.2) is 13.4 Å². The first-order chi connectivity index (χ1) is 32.8. The van der Waals surface area contributed by atoms with Crippen LogP contribution in [0.4, 0.5) is 0 Å². The fraction of sp³-hybridized carbons (Fsp3) is 0.0938. The molecule has 0 amide bonds. The summed E-state index contributed by atoms with van der Waals surface area (Å²) in [5, 5.41) is 88.0. The van der Waals surface area contributed by atoms with Crippen LogP contribution in [0.2, 0.25) is 0 Å². The van der Waals surface area contributed by atoms with Gasteiger partial charge in [-0.1, -0.05) is 6.92 Å². The van der Waals surface area contributed by atoms with E-state index in [1.54, 1.807) is 313 Å². The predicted molar refractivity (Wildman–Crippen MR) is 275 cm³/mol. The minimum atomic E-state index is -0.682. The van der Waals surface area contributed by atoms with E-state index in [1.807, 2.05) is 7.11 Å². The second-order valence-electron chi connectivity index (χ2n) is 24.7. The lowest BCUT2D eigenvalue weighted by Gasteiger charge is -2.50. The normalized spacial score (nSPS) is 25.5. The molecule has 0 N–H and O–H groups in total. The van der Waals surface area contributed by atoms with Crippen LogP contribution in [0, 0.1) is 5.92 Å². The molecule has 2 spiro atoms. The average molecular weight is 809 g/mol. The van der Waals surface area contributed by atoms with Crippen LogP contribution in [0.25, 0.3) is 291 Å². The average Bonchev–Trinajstić information content (AvgIpc) is 4.17. The third-order valence-electron chi connectivity index (χ3n) is 24.9. The molecule has 28 aromatic rings. The van der Waals surface area contributed by atoms with Crippen molar-refractivity contribution in [3.8, 4) is 0 Å². The molecule has 5 aliphatic rings. The number of rotatable bonds is 1. The summed E-state index contributed by atoms with van der Waals surface area (Å²) in [5.74, 6) is 0.109. The zero-order chi connectivity index (χ0) is 39.1. The summed E-state index contributed by atoms with van der Waals surface area (Å²) < 4.78 is 15.2. The first kappa shape index (κ1) is 24.1. The van der Waals surface area contributed by atoms with E-state index in [2.05, 4.69) is 6.92 Å². The van der Waals surface area contributed by atoms with Gasteiger partial charge < -0.3 is 9.47 Å². The molecule has 276 valence electrons. The maximum atomic E-state index is 8.39. The Morgan fingerprint density at radius 2 is 0.394 bits per heavy atom. The molecular formula is C64H8O2. The summed E-state index contributed by atoms with van der Waals surface area (Å²) in [6, 6.07) is 0. The fourth-order valence-corrected chi connectivity index (χ4v) is 25.0. The Labute approximate surface area is 358 Å². The molecule has 2 atom stereocenters. The highest BCUT2D eigenvalue weighted by atomic mass is 16.7. The number of hydrogen-bond acceptors (Lipinski definition) is 2. The van der Waals surface area contributed by atoms with Gasteiger partial charge in [-0.05, 0) is 302 Å². The molecule has 28 aromatic carbocycles. The molecule has 2 heteroatoms. The molecule has 0 aromatic heterocycles. The number of hydrogen-bond donors (Lipinski definition) is 0. The van der Waals surface area contributed by atoms with Crippen LogP contribution in [-0.2, 0) is 20.5 Å². The van der Waals surface area contributed by atoms with E-state index in [-0.39, 0.29) is 12.2 Å². The van der Waals surface area contributed by atoms with Gasteiger partial charge in [0.1, 0.15) is 5.60 Å². The summed E-state index contributed by atoms with van der Waals surface area (Å²) in [6.45, 7) is 2.58. The zero-order valence-corrected chi connectivity index (χ0v) is 34.0. The van der Waals surface area contributed by atoms with Crippen molar-refractivity contribution in [2.24, 2.45) is 5.92 Å². The van der Waals surface area contributed by atoms with Crippen LogP contribution in [0.3, 0.4) is 0 Å². The Morgan fingerprint density at radius 3 is 0.561 bits per heavy atom. The van der Waals surface area contributed by atoms with Gasteiger partial charge in [-0.25, -0.2) is 0 Å². The number of methoxy groups -OCH3 is 1. The molecule has 1 saturated heterocycles. The maximum Gasteiger partial charge on any atom is 0.162 e. The Bertz CT molecular complexity index is 6840. The molecule has 33 rings (SSSR count). The van der Waals surface area contributed by atoms with Crippen molar-refractivity contribution in [3.05, 3.63) is 22.3 Å². The predicted octanol–water partition coefficient (Wildman–Crippen LogP) is 16.9. The van der Waals surface area contributed by atoms with Crippen LogP contribution in [0.15, 0.2) is 0 Å². The van der Waals surface area contributed by atoms with Crippen LogP contribution in [0.1, 0.15) is 29.2 Å². The van der Waals surface area contributed by atoms with Gasteiger partial charge in [-0.3, -0.25) is 0 Å². The second-order valence-corrected chi connectivity index (χ2v) is 24.7. The van der Waals surface area contributed by atoms with E-state index in [4.69, 9.17) is 9.47 Å². The Balaban J connectivity index is 1.26. The van der Waals surface area contributed by atoms with E-state index >= 15 is 0 Å². The molecule has 0 unspecified atom stereocenters. The van der Waals surface area contributed by atoms with Gasteiger partial charge in [-0.2, -0.15) is 0 Å². The van der Waals surface area contributed by atoms with Crippen molar-refractivity contribution < 1.29 is 9.47 Å². The minimum absolute atomic E-state index is 0.109. The third-order valence-corrected chi connectivity index (χ3v) is 24.9. The third kappa shape index (κ3) is 1.18. The second kappa shape index (κ2) is 5.25. The summed E-state index contributed by atoms with van der Waals surface area (Å²) in [4.78, 5) is 0. The van der Waals surface area contributed by atoms with Gasteiger partial charge in [0, 0.05) is 24.2 Å². The lowest BCUT2D eigenvalue weighted by molar-refractivity contribution is -0.155. The lowest BCUT2D eigenvalue weighted by atomic mass is 9.51. The molecule has 4 aliphatic carbocycles. The van der Waals surface area contributed by atoms with E-state index < -0.39 is 11.0 Å². The van der Waals surface area contributed by atoms with Gasteiger partial charge in [0.15, 0.2) is 6.29 Å². The summed E-state index contributed by atoms with van der Waals surface area (Å²) in [7, 11) is 1.96. The molecule has 2 nitrogen and oxygen atoms in total. The quantitative estimate of drug-likeness (QED) is 0.154. The topological polar surface area (TPSA) is 18.5 Å². The van der Waals surface area contributed by atoms with Crippen LogP contribution >= 0.6 is 0 Å². The van der Waals surface area contributed by atoms with Gasteiger partial charge in [0.25, 0.3) is 0 Å². The first-order valence-electron chi connectivity index (χ1n) is 24.8. The highest BCUT2D eigenvalue weighted by Crippen LogP contribution is 2.86. The molecule has 66 heavy (non-hydrogen) atoms. The van der Waals surface area contributed by atoms with Crippen molar-refractivity contribution in [2.45, 2.75) is 24.2 Å². The van der Waals surface area contributed by atoms with Crippen molar-refractivity contribution in [1.29, 1.82) is 0 Å². The van der Waals surface area contributed by atoms with Crippen LogP contribution in [0.5, 0.6) is 0 Å². The summed E-state index contributed by atoms with van der Waals surface area (Å²) >= 11 is 0. The largest absolute Gasteiger partial charge is 0.356 e. The molecule has 1 fully saturated rings. The van der Waals surface area contributed by atoms with E-state index in [9.17, 15) is 0 Å². The maximum absolute atomic E-state index is 8.39. The Hall–Kier alpha value is -7.62. The standard InChI is InChI=1S/C64H8O2/c1-3-62(65-2)66-64-60-54-48-38-26-18-10-6-4-5-8-12(10)20(26)30-24-16(8)17-9(5)13-11-7(4)15-14(6)22-28(18)36-42-32(22)33-23(15)29-19(11)27-21(13)31-25(17)35-34(24)46(40(30)48)56(60)57-47(35)41(31)49-39(27)45-37(29)43(33)51-50(42)58(52(54)44(36)38)63(3,64)59(51)53(45)55(49)61(57)64/h3,62H,1-2H3/t3-,62-,63?,64?/m0/s1.